The maximum Gasteiger partial charge on any atom is 0.216 e. The Labute approximate surface area is 117 Å². The summed E-state index contributed by atoms with van der Waals surface area (Å²) >= 11 is 0. The van der Waals surface area contributed by atoms with Gasteiger partial charge < -0.3 is 14.8 Å². The van der Waals surface area contributed by atoms with E-state index in [1.807, 2.05) is 14.0 Å². The van der Waals surface area contributed by atoms with E-state index in [1.54, 1.807) is 23.9 Å². The molecule has 1 N–H and O–H groups in total. The Balaban J connectivity index is 2.15. The van der Waals surface area contributed by atoms with Crippen LogP contribution in [0.15, 0.2) is 18.2 Å². The van der Waals surface area contributed by atoms with E-state index < -0.39 is 5.82 Å². The van der Waals surface area contributed by atoms with Gasteiger partial charge >= 0.3 is 0 Å². The summed E-state index contributed by atoms with van der Waals surface area (Å²) < 4.78 is 25.5. The molecule has 2 aromatic rings. The third-order valence-corrected chi connectivity index (χ3v) is 3.10. The van der Waals surface area contributed by atoms with E-state index in [4.69, 9.17) is 9.47 Å². The maximum absolute atomic E-state index is 13.6. The molecule has 0 amide bonds. The fraction of sp³-hybridized carbons (Fsp3) is 0.357. The second-order valence-electron chi connectivity index (χ2n) is 4.40. The first-order valence-corrected chi connectivity index (χ1v) is 6.20. The van der Waals surface area contributed by atoms with Crippen LogP contribution in [0.2, 0.25) is 0 Å². The van der Waals surface area contributed by atoms with Gasteiger partial charge in [-0.1, -0.05) is 0 Å². The van der Waals surface area contributed by atoms with Crippen molar-refractivity contribution < 1.29 is 13.9 Å². The van der Waals surface area contributed by atoms with Crippen LogP contribution in [0.4, 0.5) is 10.1 Å². The predicted octanol–water partition coefficient (Wildman–Crippen LogP) is 2.50. The van der Waals surface area contributed by atoms with Crippen molar-refractivity contribution in [3.05, 3.63) is 35.3 Å². The Bertz CT molecular complexity index is 611. The quantitative estimate of drug-likeness (QED) is 0.913. The van der Waals surface area contributed by atoms with Gasteiger partial charge in [-0.25, -0.2) is 9.07 Å². The van der Waals surface area contributed by atoms with Gasteiger partial charge in [-0.2, -0.15) is 5.10 Å². The molecule has 1 aromatic heterocycles. The zero-order chi connectivity index (χ0) is 14.7. The normalized spacial score (nSPS) is 10.4. The minimum Gasteiger partial charge on any atom is -0.494 e. The van der Waals surface area contributed by atoms with E-state index in [-0.39, 0.29) is 5.75 Å². The molecule has 1 heterocycles. The van der Waals surface area contributed by atoms with Crippen molar-refractivity contribution >= 4 is 5.69 Å². The summed E-state index contributed by atoms with van der Waals surface area (Å²) in [6.45, 7) is 2.42. The van der Waals surface area contributed by atoms with Crippen molar-refractivity contribution in [2.24, 2.45) is 7.05 Å². The van der Waals surface area contributed by atoms with Gasteiger partial charge in [-0.3, -0.25) is 0 Å². The molecule has 0 aliphatic rings. The van der Waals surface area contributed by atoms with Crippen LogP contribution in [0.1, 0.15) is 11.3 Å². The summed E-state index contributed by atoms with van der Waals surface area (Å²) in [5.74, 6) is 0.530. The molecule has 0 saturated heterocycles. The molecule has 0 saturated carbocycles. The topological polar surface area (TPSA) is 48.3 Å². The number of halogens is 1. The highest BCUT2D eigenvalue weighted by Gasteiger charge is 2.13. The summed E-state index contributed by atoms with van der Waals surface area (Å²) in [6, 6.07) is 4.75. The van der Waals surface area contributed by atoms with Gasteiger partial charge in [0.2, 0.25) is 5.88 Å². The number of benzene rings is 1. The summed E-state index contributed by atoms with van der Waals surface area (Å²) in [4.78, 5) is 0. The van der Waals surface area contributed by atoms with Gasteiger partial charge in [0.1, 0.15) is 0 Å². The molecule has 5 nitrogen and oxygen atoms in total. The number of aryl methyl sites for hydroxylation is 2. The van der Waals surface area contributed by atoms with Crippen LogP contribution in [-0.4, -0.2) is 24.0 Å². The maximum atomic E-state index is 13.6. The SMILES string of the molecule is COc1ccc(NCc2c(C)nn(C)c2OC)cc1F. The van der Waals surface area contributed by atoms with E-state index in [0.29, 0.717) is 18.1 Å². The zero-order valence-electron chi connectivity index (χ0n) is 12.0. The van der Waals surface area contributed by atoms with E-state index >= 15 is 0 Å². The van der Waals surface area contributed by atoms with Gasteiger partial charge in [0.25, 0.3) is 0 Å². The third kappa shape index (κ3) is 2.68. The first kappa shape index (κ1) is 14.2. The van der Waals surface area contributed by atoms with E-state index in [2.05, 4.69) is 10.4 Å². The van der Waals surface area contributed by atoms with Crippen molar-refractivity contribution in [1.29, 1.82) is 0 Å². The van der Waals surface area contributed by atoms with Gasteiger partial charge in [-0.05, 0) is 19.1 Å². The second kappa shape index (κ2) is 5.81. The van der Waals surface area contributed by atoms with Crippen LogP contribution in [0, 0.1) is 12.7 Å². The monoisotopic (exact) mass is 279 g/mol. The lowest BCUT2D eigenvalue weighted by Crippen LogP contribution is -2.03. The molecule has 0 fully saturated rings. The summed E-state index contributed by atoms with van der Waals surface area (Å²) in [7, 11) is 4.87. The molecule has 0 aliphatic heterocycles. The van der Waals surface area contributed by atoms with Crippen LogP contribution < -0.4 is 14.8 Å². The number of aromatic nitrogens is 2. The van der Waals surface area contributed by atoms with Gasteiger partial charge in [0.05, 0.1) is 25.5 Å². The molecule has 0 bridgehead atoms. The molecule has 0 atom stereocenters. The number of ether oxygens (including phenoxy) is 2. The molecule has 0 unspecified atom stereocenters. The second-order valence-corrected chi connectivity index (χ2v) is 4.40. The van der Waals surface area contributed by atoms with Gasteiger partial charge in [0.15, 0.2) is 11.6 Å². The zero-order valence-corrected chi connectivity index (χ0v) is 12.0. The van der Waals surface area contributed by atoms with Crippen LogP contribution >= 0.6 is 0 Å². The smallest absolute Gasteiger partial charge is 0.216 e. The largest absolute Gasteiger partial charge is 0.494 e. The minimum atomic E-state index is -0.396. The van der Waals surface area contributed by atoms with Crippen LogP contribution in [0.5, 0.6) is 11.6 Å². The minimum absolute atomic E-state index is 0.227. The highest BCUT2D eigenvalue weighted by Crippen LogP contribution is 2.24. The lowest BCUT2D eigenvalue weighted by Gasteiger charge is -2.09. The first-order chi connectivity index (χ1) is 9.56. The molecule has 0 spiro atoms. The summed E-state index contributed by atoms with van der Waals surface area (Å²) in [5.41, 5.74) is 2.51. The lowest BCUT2D eigenvalue weighted by molar-refractivity contribution is 0.369. The number of nitrogens with zero attached hydrogens (tertiary/aromatic N) is 2. The summed E-state index contributed by atoms with van der Waals surface area (Å²) in [6.07, 6.45) is 0. The Morgan fingerprint density at radius 1 is 1.30 bits per heavy atom. The fourth-order valence-corrected chi connectivity index (χ4v) is 2.11. The Hall–Kier alpha value is -2.24. The molecule has 6 heteroatoms. The summed E-state index contributed by atoms with van der Waals surface area (Å²) in [5, 5.41) is 7.45. The number of nitrogens with one attached hydrogen (secondary N) is 1. The average molecular weight is 279 g/mol. The van der Waals surface area contributed by atoms with Crippen LogP contribution in [-0.2, 0) is 13.6 Å². The van der Waals surface area contributed by atoms with Crippen molar-refractivity contribution in [3.63, 3.8) is 0 Å². The fourth-order valence-electron chi connectivity index (χ4n) is 2.11. The number of hydrogen-bond donors (Lipinski definition) is 1. The molecule has 0 radical (unpaired) electrons. The molecular weight excluding hydrogens is 261 g/mol. The number of methoxy groups -OCH3 is 2. The highest BCUT2D eigenvalue weighted by molar-refractivity contribution is 5.48. The van der Waals surface area contributed by atoms with E-state index in [9.17, 15) is 4.39 Å². The predicted molar refractivity (Wildman–Crippen MR) is 74.8 cm³/mol. The Morgan fingerprint density at radius 3 is 2.65 bits per heavy atom. The molecule has 20 heavy (non-hydrogen) atoms. The number of rotatable bonds is 5. The van der Waals surface area contributed by atoms with E-state index in [1.165, 1.54) is 13.2 Å². The highest BCUT2D eigenvalue weighted by atomic mass is 19.1. The van der Waals surface area contributed by atoms with Crippen molar-refractivity contribution in [3.8, 4) is 11.6 Å². The Morgan fingerprint density at radius 2 is 2.05 bits per heavy atom. The standard InChI is InChI=1S/C14H18FN3O2/c1-9-11(14(20-4)18(2)17-9)8-16-10-5-6-13(19-3)12(15)7-10/h5-7,16H,8H2,1-4H3. The molecule has 1 aromatic carbocycles. The molecule has 108 valence electrons. The van der Waals surface area contributed by atoms with Crippen molar-refractivity contribution in [2.75, 3.05) is 19.5 Å². The lowest BCUT2D eigenvalue weighted by atomic mass is 10.2. The van der Waals surface area contributed by atoms with Crippen molar-refractivity contribution in [1.82, 2.24) is 9.78 Å². The van der Waals surface area contributed by atoms with Crippen LogP contribution in [0.3, 0.4) is 0 Å². The van der Waals surface area contributed by atoms with E-state index in [0.717, 1.165) is 11.3 Å². The third-order valence-electron chi connectivity index (χ3n) is 3.10. The average Bonchev–Trinajstić information content (AvgIpc) is 2.70. The number of hydrogen-bond acceptors (Lipinski definition) is 4. The van der Waals surface area contributed by atoms with Crippen molar-refractivity contribution in [2.45, 2.75) is 13.5 Å². The molecule has 2 rings (SSSR count). The molecule has 0 aliphatic carbocycles. The number of anilines is 1. The Kier molecular flexibility index (Phi) is 4.12. The first-order valence-electron chi connectivity index (χ1n) is 6.20. The van der Waals surface area contributed by atoms with Gasteiger partial charge in [-0.15, -0.1) is 0 Å². The molecular formula is C14H18FN3O2. The van der Waals surface area contributed by atoms with Gasteiger partial charge in [0, 0.05) is 25.3 Å². The van der Waals surface area contributed by atoms with Crippen LogP contribution in [0.25, 0.3) is 0 Å².